The van der Waals surface area contributed by atoms with E-state index in [9.17, 15) is 30.3 Å². The van der Waals surface area contributed by atoms with E-state index in [0.29, 0.717) is 21.5 Å². The lowest BCUT2D eigenvalue weighted by Gasteiger charge is -2.09. The normalized spacial score (nSPS) is 12.2. The minimum atomic E-state index is -0.716. The molecule has 0 radical (unpaired) electrons. The Morgan fingerprint density at radius 3 is 2.07 bits per heavy atom. The second-order valence-corrected chi connectivity index (χ2v) is 10.7. The van der Waals surface area contributed by atoms with E-state index >= 15 is 0 Å². The number of nitrogens with zero attached hydrogens (tertiary/aromatic N) is 8. The molecule has 0 unspecified atom stereocenters. The zero-order valence-electron chi connectivity index (χ0n) is 26.6. The Morgan fingerprint density at radius 1 is 0.935 bits per heavy atom. The summed E-state index contributed by atoms with van der Waals surface area (Å²) in [6.07, 6.45) is 5.77. The van der Waals surface area contributed by atoms with Crippen LogP contribution >= 0.6 is 0 Å². The Labute approximate surface area is 265 Å². The third-order valence-electron chi connectivity index (χ3n) is 6.32. The number of ether oxygens (including phenoxy) is 1. The van der Waals surface area contributed by atoms with E-state index in [1.165, 1.54) is 43.2 Å². The number of aromatic amines is 1. The predicted octanol–water partition coefficient (Wildman–Crippen LogP) is 3.51. The van der Waals surface area contributed by atoms with Gasteiger partial charge >= 0.3 is 0 Å². The van der Waals surface area contributed by atoms with Gasteiger partial charge in [-0.1, -0.05) is 0 Å². The fraction of sp³-hybridized carbons (Fsp3) is 0.500. The minimum absolute atomic E-state index is 0.0743. The molecule has 3 heterocycles. The lowest BCUT2D eigenvalue weighted by Crippen LogP contribution is -2.16. The third-order valence-corrected chi connectivity index (χ3v) is 6.32. The van der Waals surface area contributed by atoms with Crippen LogP contribution in [0.5, 0.6) is 0 Å². The molecular formula is C28H43N11O7. The Kier molecular flexibility index (Phi) is 15.9. The summed E-state index contributed by atoms with van der Waals surface area (Å²) in [5, 5.41) is 45.8. The number of non-ortho nitro benzene ring substituents is 2. The van der Waals surface area contributed by atoms with Gasteiger partial charge < -0.3 is 35.7 Å². The van der Waals surface area contributed by atoms with Crippen LogP contribution in [0.2, 0.25) is 0 Å². The minimum Gasteiger partial charge on any atom is -0.381 e. The number of H-pyrrole nitrogens is 1. The Balaban J connectivity index is 0.000000240. The van der Waals surface area contributed by atoms with Crippen molar-refractivity contribution in [3.05, 3.63) is 72.9 Å². The average molecular weight is 646 g/mol. The number of nitro groups is 3. The number of benzene rings is 2. The number of hydrogen-bond donors (Lipinski definition) is 3. The average Bonchev–Trinajstić information content (AvgIpc) is 3.80. The first-order valence-corrected chi connectivity index (χ1v) is 14.6. The maximum absolute atomic E-state index is 10.8. The van der Waals surface area contributed by atoms with E-state index in [1.54, 1.807) is 6.07 Å². The van der Waals surface area contributed by atoms with Crippen LogP contribution in [0.15, 0.2) is 42.6 Å². The van der Waals surface area contributed by atoms with E-state index < -0.39 is 14.9 Å². The molecule has 18 nitrogen and oxygen atoms in total. The maximum Gasteiger partial charge on any atom is 0.270 e. The van der Waals surface area contributed by atoms with Gasteiger partial charge in [-0.3, -0.25) is 25.3 Å². The van der Waals surface area contributed by atoms with Crippen LogP contribution in [0.4, 0.5) is 17.2 Å². The molecule has 1 fully saturated rings. The van der Waals surface area contributed by atoms with E-state index in [0.717, 1.165) is 69.3 Å². The Bertz CT molecular complexity index is 1520. The van der Waals surface area contributed by atoms with Crippen LogP contribution in [0.1, 0.15) is 25.7 Å². The molecule has 4 aromatic rings. The number of nitrogens with two attached hydrogens (primary N) is 1. The van der Waals surface area contributed by atoms with Crippen molar-refractivity contribution in [1.29, 1.82) is 0 Å². The summed E-state index contributed by atoms with van der Waals surface area (Å²) < 4.78 is 4.94. The van der Waals surface area contributed by atoms with Crippen molar-refractivity contribution in [3.63, 3.8) is 0 Å². The highest BCUT2D eigenvalue weighted by molar-refractivity contribution is 5.91. The van der Waals surface area contributed by atoms with Gasteiger partial charge in [-0.15, -0.1) is 0 Å². The van der Waals surface area contributed by atoms with Crippen LogP contribution in [-0.4, -0.2) is 112 Å². The number of nitrogens with one attached hydrogen (secondary N) is 2. The number of anilines is 1. The number of hydrogen-bond acceptors (Lipinski definition) is 13. The molecule has 2 aromatic carbocycles. The van der Waals surface area contributed by atoms with Gasteiger partial charge in [0, 0.05) is 48.8 Å². The zero-order valence-corrected chi connectivity index (χ0v) is 26.6. The molecule has 252 valence electrons. The summed E-state index contributed by atoms with van der Waals surface area (Å²) in [5.74, 6) is 0.664. The highest BCUT2D eigenvalue weighted by Crippen LogP contribution is 2.25. The molecule has 0 saturated carbocycles. The molecule has 18 heteroatoms. The van der Waals surface area contributed by atoms with Gasteiger partial charge in [0.05, 0.1) is 36.3 Å². The molecule has 4 N–H and O–H groups in total. The van der Waals surface area contributed by atoms with Crippen LogP contribution in [0, 0.1) is 30.3 Å². The van der Waals surface area contributed by atoms with Crippen LogP contribution < -0.4 is 11.1 Å². The van der Waals surface area contributed by atoms with Crippen molar-refractivity contribution >= 4 is 39.0 Å². The first kappa shape index (κ1) is 37.4. The van der Waals surface area contributed by atoms with Gasteiger partial charge in [0.15, 0.2) is 5.82 Å². The van der Waals surface area contributed by atoms with E-state index in [-0.39, 0.29) is 11.4 Å². The van der Waals surface area contributed by atoms with Crippen LogP contribution in [0.25, 0.3) is 21.8 Å². The van der Waals surface area contributed by atoms with Gasteiger partial charge in [-0.25, -0.2) is 0 Å². The second kappa shape index (κ2) is 19.6. The molecule has 0 aliphatic carbocycles. The number of rotatable bonds is 11. The summed E-state index contributed by atoms with van der Waals surface area (Å²) in [7, 11) is 8.14. The largest absolute Gasteiger partial charge is 0.381 e. The molecule has 2 aromatic heterocycles. The molecule has 1 aliphatic heterocycles. The van der Waals surface area contributed by atoms with Crippen molar-refractivity contribution in [2.45, 2.75) is 25.7 Å². The zero-order chi connectivity index (χ0) is 34.1. The van der Waals surface area contributed by atoms with Crippen molar-refractivity contribution in [1.82, 2.24) is 29.9 Å². The summed E-state index contributed by atoms with van der Waals surface area (Å²) in [6, 6.07) is 8.53. The van der Waals surface area contributed by atoms with E-state index in [4.69, 9.17) is 10.5 Å². The molecule has 1 aliphatic rings. The number of aromatic nitrogens is 4. The molecule has 0 bridgehead atoms. The fourth-order valence-corrected chi connectivity index (χ4v) is 3.97. The highest BCUT2D eigenvalue weighted by Gasteiger charge is 2.14. The lowest BCUT2D eigenvalue weighted by molar-refractivity contribution is -0.552. The summed E-state index contributed by atoms with van der Waals surface area (Å²) in [6.45, 7) is 5.67. The second-order valence-electron chi connectivity index (χ2n) is 10.7. The third kappa shape index (κ3) is 13.1. The SMILES string of the molecule is C1CCOC1.CN(C)CCCN.CN(C)CCCNc1n[nH]c2ccc([N+](=O)[O-])cc12.O=[N+]([O-])c1ccc2nn([N+](=O)[O-])cc2c1. The maximum atomic E-state index is 10.8. The van der Waals surface area contributed by atoms with Gasteiger partial charge in [0.1, 0.15) is 6.20 Å². The standard InChI is InChI=1S/C12H17N5O2.C7H4N4O4.C5H14N2.C4H8O/c1-16(2)7-3-6-13-12-10-8-9(17(18)19)4-5-11(10)14-15-12;12-10(13)6-1-2-7-5(3-6)4-9(8-7)11(14)15;1-7(2)5-3-4-6;1-2-4-5-3-1/h4-5,8H,3,6-7H2,1-2H3,(H2,13,14,15);1-4H;3-6H2,1-2H3;1-4H2. The van der Waals surface area contributed by atoms with Crippen LogP contribution in [-0.2, 0) is 4.74 Å². The van der Waals surface area contributed by atoms with Crippen molar-refractivity contribution < 1.29 is 19.6 Å². The van der Waals surface area contributed by atoms with E-state index in [2.05, 4.69) is 44.5 Å². The molecule has 1 saturated heterocycles. The molecule has 0 amide bonds. The highest BCUT2D eigenvalue weighted by atomic mass is 16.7. The molecule has 0 spiro atoms. The summed E-state index contributed by atoms with van der Waals surface area (Å²) in [5.41, 5.74) is 6.34. The molecule has 46 heavy (non-hydrogen) atoms. The number of nitro benzene ring substituents is 2. The lowest BCUT2D eigenvalue weighted by atomic mass is 10.2. The van der Waals surface area contributed by atoms with Gasteiger partial charge in [0.2, 0.25) is 5.52 Å². The summed E-state index contributed by atoms with van der Waals surface area (Å²) in [4.78, 5) is 35.3. The van der Waals surface area contributed by atoms with Crippen LogP contribution in [0.3, 0.4) is 0 Å². The van der Waals surface area contributed by atoms with Crippen molar-refractivity contribution in [2.75, 3.05) is 72.9 Å². The topological polar surface area (TPSA) is 230 Å². The molecular weight excluding hydrogens is 602 g/mol. The molecule has 5 rings (SSSR count). The smallest absolute Gasteiger partial charge is 0.270 e. The molecule has 0 atom stereocenters. The quantitative estimate of drug-likeness (QED) is 0.121. The van der Waals surface area contributed by atoms with Gasteiger partial charge in [0.25, 0.3) is 11.4 Å². The summed E-state index contributed by atoms with van der Waals surface area (Å²) >= 11 is 0. The fourth-order valence-electron chi connectivity index (χ4n) is 3.97. The Morgan fingerprint density at radius 2 is 1.54 bits per heavy atom. The predicted molar refractivity (Wildman–Crippen MR) is 175 cm³/mol. The van der Waals surface area contributed by atoms with Crippen molar-refractivity contribution in [3.8, 4) is 0 Å². The Hall–Kier alpha value is -4.78. The first-order valence-electron chi connectivity index (χ1n) is 14.6. The first-order chi connectivity index (χ1) is 21.9. The van der Waals surface area contributed by atoms with Crippen molar-refractivity contribution in [2.24, 2.45) is 5.73 Å². The van der Waals surface area contributed by atoms with E-state index in [1.807, 2.05) is 14.1 Å². The van der Waals surface area contributed by atoms with Gasteiger partial charge in [-0.05, 0) is 85.6 Å². The monoisotopic (exact) mass is 645 g/mol. The number of fused-ring (bicyclic) bond motifs is 2. The van der Waals surface area contributed by atoms with Gasteiger partial charge in [-0.2, -0.15) is 5.10 Å².